The minimum atomic E-state index is 0.0584. The van der Waals surface area contributed by atoms with Gasteiger partial charge in [0.25, 0.3) is 0 Å². The van der Waals surface area contributed by atoms with E-state index in [0.29, 0.717) is 11.3 Å². The highest BCUT2D eigenvalue weighted by atomic mass is 32.2. The van der Waals surface area contributed by atoms with Crippen molar-refractivity contribution in [2.75, 3.05) is 26.6 Å². The van der Waals surface area contributed by atoms with Crippen LogP contribution in [0.1, 0.15) is 17.5 Å². The predicted octanol–water partition coefficient (Wildman–Crippen LogP) is 2.06. The van der Waals surface area contributed by atoms with Crippen molar-refractivity contribution in [3.63, 3.8) is 0 Å². The van der Waals surface area contributed by atoms with E-state index in [0.717, 1.165) is 30.1 Å². The lowest BCUT2D eigenvalue weighted by Crippen LogP contribution is -2.14. The lowest BCUT2D eigenvalue weighted by Gasteiger charge is -2.09. The lowest BCUT2D eigenvalue weighted by molar-refractivity contribution is 0.200. The second-order valence-corrected chi connectivity index (χ2v) is 5.02. The Kier molecular flexibility index (Phi) is 7.14. The van der Waals surface area contributed by atoms with E-state index in [4.69, 9.17) is 20.4 Å². The quantitative estimate of drug-likeness (QED) is 0.251. The summed E-state index contributed by atoms with van der Waals surface area (Å²) in [6.45, 7) is 0.783. The second kappa shape index (κ2) is 8.66. The van der Waals surface area contributed by atoms with Gasteiger partial charge in [0, 0.05) is 19.5 Å². The molecule has 0 bridgehead atoms. The van der Waals surface area contributed by atoms with Crippen molar-refractivity contribution in [3.8, 4) is 5.75 Å². The molecule has 0 spiro atoms. The van der Waals surface area contributed by atoms with Crippen LogP contribution in [0.5, 0.6) is 5.75 Å². The largest absolute Gasteiger partial charge is 0.496 e. The predicted molar refractivity (Wildman–Crippen MR) is 78.2 cm³/mol. The molecule has 1 rings (SSSR count). The van der Waals surface area contributed by atoms with Crippen LogP contribution in [0.15, 0.2) is 23.4 Å². The number of thioether (sulfide) groups is 1. The molecule has 3 N–H and O–H groups in total. The van der Waals surface area contributed by atoms with Crippen molar-refractivity contribution in [2.45, 2.75) is 12.2 Å². The first-order chi connectivity index (χ1) is 9.22. The Labute approximate surface area is 117 Å². The summed E-state index contributed by atoms with van der Waals surface area (Å²) in [6, 6.07) is 5.70. The fourth-order valence-electron chi connectivity index (χ4n) is 1.59. The van der Waals surface area contributed by atoms with Crippen molar-refractivity contribution in [1.29, 1.82) is 0 Å². The van der Waals surface area contributed by atoms with Gasteiger partial charge < -0.3 is 20.4 Å². The third kappa shape index (κ3) is 5.00. The number of methoxy groups -OCH3 is 2. The van der Waals surface area contributed by atoms with Crippen LogP contribution in [-0.2, 0) is 10.5 Å². The van der Waals surface area contributed by atoms with Crippen LogP contribution in [0.25, 0.3) is 0 Å². The number of nitrogens with two attached hydrogens (primary N) is 1. The summed E-state index contributed by atoms with van der Waals surface area (Å²) in [5, 5.41) is 11.8. The first-order valence-electron chi connectivity index (χ1n) is 5.94. The number of oxime groups is 1. The van der Waals surface area contributed by atoms with Crippen LogP contribution >= 0.6 is 11.8 Å². The zero-order valence-corrected chi connectivity index (χ0v) is 12.1. The Morgan fingerprint density at radius 2 is 2.21 bits per heavy atom. The van der Waals surface area contributed by atoms with E-state index in [-0.39, 0.29) is 5.84 Å². The van der Waals surface area contributed by atoms with Gasteiger partial charge in [-0.15, -0.1) is 0 Å². The highest BCUT2D eigenvalue weighted by Gasteiger charge is 2.08. The van der Waals surface area contributed by atoms with E-state index < -0.39 is 0 Å². The SMILES string of the molecule is COCCCSCc1ccc(OC)c(C(N)=NO)c1. The maximum Gasteiger partial charge on any atom is 0.173 e. The molecule has 0 aliphatic heterocycles. The zero-order valence-electron chi connectivity index (χ0n) is 11.3. The second-order valence-electron chi connectivity index (χ2n) is 3.92. The van der Waals surface area contributed by atoms with Gasteiger partial charge in [-0.25, -0.2) is 0 Å². The Morgan fingerprint density at radius 1 is 1.42 bits per heavy atom. The van der Waals surface area contributed by atoms with Crippen LogP contribution in [0.2, 0.25) is 0 Å². The van der Waals surface area contributed by atoms with Gasteiger partial charge in [-0.05, 0) is 29.9 Å². The first kappa shape index (κ1) is 15.7. The molecular weight excluding hydrogens is 264 g/mol. The van der Waals surface area contributed by atoms with Gasteiger partial charge in [-0.3, -0.25) is 0 Å². The molecule has 19 heavy (non-hydrogen) atoms. The van der Waals surface area contributed by atoms with Crippen LogP contribution < -0.4 is 10.5 Å². The van der Waals surface area contributed by atoms with Gasteiger partial charge in [0.2, 0.25) is 0 Å². The molecule has 0 heterocycles. The standard InChI is InChI=1S/C13H20N2O3S/c1-17-6-3-7-19-9-10-4-5-12(18-2)11(8-10)13(14)15-16/h4-5,8,16H,3,6-7,9H2,1-2H3,(H2,14,15). The van der Waals surface area contributed by atoms with Gasteiger partial charge >= 0.3 is 0 Å². The molecule has 0 aliphatic rings. The third-order valence-electron chi connectivity index (χ3n) is 2.55. The fourth-order valence-corrected chi connectivity index (χ4v) is 2.48. The van der Waals surface area contributed by atoms with E-state index in [1.165, 1.54) is 0 Å². The molecule has 0 radical (unpaired) electrons. The molecule has 5 nitrogen and oxygen atoms in total. The van der Waals surface area contributed by atoms with Gasteiger partial charge in [0.15, 0.2) is 5.84 Å². The average Bonchev–Trinajstić information content (AvgIpc) is 2.46. The summed E-state index contributed by atoms with van der Waals surface area (Å²) in [5.41, 5.74) is 7.36. The topological polar surface area (TPSA) is 77.1 Å². The summed E-state index contributed by atoms with van der Waals surface area (Å²) < 4.78 is 10.2. The minimum Gasteiger partial charge on any atom is -0.496 e. The summed E-state index contributed by atoms with van der Waals surface area (Å²) in [7, 11) is 3.26. The van der Waals surface area contributed by atoms with Crippen molar-refractivity contribution in [3.05, 3.63) is 29.3 Å². The summed E-state index contributed by atoms with van der Waals surface area (Å²) >= 11 is 1.82. The van der Waals surface area contributed by atoms with Gasteiger partial charge in [0.1, 0.15) is 5.75 Å². The molecule has 6 heteroatoms. The molecule has 0 amide bonds. The van der Waals surface area contributed by atoms with Gasteiger partial charge in [0.05, 0.1) is 12.7 Å². The smallest absolute Gasteiger partial charge is 0.173 e. The average molecular weight is 284 g/mol. The summed E-state index contributed by atoms with van der Waals surface area (Å²) in [6.07, 6.45) is 1.03. The van der Waals surface area contributed by atoms with Crippen molar-refractivity contribution in [1.82, 2.24) is 0 Å². The summed E-state index contributed by atoms with van der Waals surface area (Å²) in [4.78, 5) is 0. The molecule has 0 saturated heterocycles. The highest BCUT2D eigenvalue weighted by molar-refractivity contribution is 7.98. The van der Waals surface area contributed by atoms with E-state index in [1.54, 1.807) is 14.2 Å². The number of benzene rings is 1. The lowest BCUT2D eigenvalue weighted by atomic mass is 10.1. The monoisotopic (exact) mass is 284 g/mol. The maximum absolute atomic E-state index is 8.76. The molecular formula is C13H20N2O3S. The van der Waals surface area contributed by atoms with Gasteiger partial charge in [-0.2, -0.15) is 11.8 Å². The normalized spacial score (nSPS) is 11.6. The van der Waals surface area contributed by atoms with E-state index in [2.05, 4.69) is 5.16 Å². The molecule has 0 unspecified atom stereocenters. The number of hydrogen-bond acceptors (Lipinski definition) is 5. The van der Waals surface area contributed by atoms with E-state index in [1.807, 2.05) is 30.0 Å². The van der Waals surface area contributed by atoms with Crippen molar-refractivity contribution < 1.29 is 14.7 Å². The van der Waals surface area contributed by atoms with E-state index >= 15 is 0 Å². The highest BCUT2D eigenvalue weighted by Crippen LogP contribution is 2.22. The molecule has 1 aromatic carbocycles. The van der Waals surface area contributed by atoms with Crippen LogP contribution in [0.3, 0.4) is 0 Å². The Morgan fingerprint density at radius 3 is 2.84 bits per heavy atom. The fraction of sp³-hybridized carbons (Fsp3) is 0.462. The first-order valence-corrected chi connectivity index (χ1v) is 7.10. The maximum atomic E-state index is 8.76. The molecule has 0 aromatic heterocycles. The van der Waals surface area contributed by atoms with Crippen LogP contribution in [-0.4, -0.2) is 37.6 Å². The minimum absolute atomic E-state index is 0.0584. The summed E-state index contributed by atoms with van der Waals surface area (Å²) in [5.74, 6) is 2.57. The molecule has 0 saturated carbocycles. The number of hydrogen-bond donors (Lipinski definition) is 2. The number of nitrogens with zero attached hydrogens (tertiary/aromatic N) is 1. The molecule has 1 aromatic rings. The molecule has 0 fully saturated rings. The van der Waals surface area contributed by atoms with Gasteiger partial charge in [-0.1, -0.05) is 11.2 Å². The van der Waals surface area contributed by atoms with Crippen molar-refractivity contribution >= 4 is 17.6 Å². The molecule has 0 aliphatic carbocycles. The third-order valence-corrected chi connectivity index (χ3v) is 3.67. The Hall–Kier alpha value is -1.40. The number of rotatable bonds is 8. The van der Waals surface area contributed by atoms with Crippen molar-refractivity contribution in [2.24, 2.45) is 10.9 Å². The van der Waals surface area contributed by atoms with Crippen LogP contribution in [0, 0.1) is 0 Å². The molecule has 106 valence electrons. The number of ether oxygens (including phenoxy) is 2. The Balaban J connectivity index is 2.65. The molecule has 0 atom stereocenters. The van der Waals surface area contributed by atoms with Crippen LogP contribution in [0.4, 0.5) is 0 Å². The van der Waals surface area contributed by atoms with E-state index in [9.17, 15) is 0 Å². The zero-order chi connectivity index (χ0) is 14.1. The Bertz CT molecular complexity index is 424. The number of amidine groups is 1.